The smallest absolute Gasteiger partial charge is 0.240 e. The van der Waals surface area contributed by atoms with Crippen LogP contribution in [0.1, 0.15) is 24.0 Å². The van der Waals surface area contributed by atoms with E-state index < -0.39 is 6.04 Å². The number of thioether (sulfide) groups is 1. The monoisotopic (exact) mass is 333 g/mol. The second kappa shape index (κ2) is 7.36. The standard InChI is InChI=1S/C17H23N3O2S/c18-15(17(22)20-9-10-23-12-20)5-6-16(21)19-8-7-13-3-1-2-4-14(13)11-19/h1-4,15H,5-12,18H2. The molecule has 1 unspecified atom stereocenters. The highest BCUT2D eigenvalue weighted by Gasteiger charge is 2.26. The Hall–Kier alpha value is -1.53. The number of fused-ring (bicyclic) bond motifs is 1. The molecule has 1 fully saturated rings. The Morgan fingerprint density at radius 1 is 1.17 bits per heavy atom. The predicted octanol–water partition coefficient (Wildman–Crippen LogP) is 1.21. The molecule has 3 rings (SSSR count). The van der Waals surface area contributed by atoms with Crippen molar-refractivity contribution in [3.63, 3.8) is 0 Å². The Balaban J connectivity index is 1.49. The summed E-state index contributed by atoms with van der Waals surface area (Å²) in [7, 11) is 0. The Kier molecular flexibility index (Phi) is 5.23. The van der Waals surface area contributed by atoms with Crippen LogP contribution in [0.2, 0.25) is 0 Å². The third-order valence-corrected chi connectivity index (χ3v) is 5.50. The molecule has 2 amide bonds. The fourth-order valence-corrected chi connectivity index (χ4v) is 4.05. The van der Waals surface area contributed by atoms with E-state index in [4.69, 9.17) is 5.73 Å². The molecule has 0 radical (unpaired) electrons. The Labute approximate surface area is 141 Å². The van der Waals surface area contributed by atoms with Gasteiger partial charge in [0.25, 0.3) is 0 Å². The van der Waals surface area contributed by atoms with Crippen molar-refractivity contribution in [3.05, 3.63) is 35.4 Å². The lowest BCUT2D eigenvalue weighted by molar-refractivity contribution is -0.133. The van der Waals surface area contributed by atoms with Crippen LogP contribution in [0.4, 0.5) is 0 Å². The van der Waals surface area contributed by atoms with Gasteiger partial charge in [-0.2, -0.15) is 0 Å². The van der Waals surface area contributed by atoms with Crippen molar-refractivity contribution in [2.24, 2.45) is 5.73 Å². The first-order valence-corrected chi connectivity index (χ1v) is 9.27. The number of benzene rings is 1. The van der Waals surface area contributed by atoms with Crippen molar-refractivity contribution in [3.8, 4) is 0 Å². The Morgan fingerprint density at radius 3 is 2.70 bits per heavy atom. The zero-order valence-corrected chi connectivity index (χ0v) is 14.1. The summed E-state index contributed by atoms with van der Waals surface area (Å²) in [6.45, 7) is 2.19. The van der Waals surface area contributed by atoms with Gasteiger partial charge in [-0.1, -0.05) is 24.3 Å². The molecule has 0 spiro atoms. The van der Waals surface area contributed by atoms with Gasteiger partial charge in [-0.05, 0) is 24.0 Å². The molecule has 2 heterocycles. The highest BCUT2D eigenvalue weighted by atomic mass is 32.2. The molecule has 6 heteroatoms. The minimum atomic E-state index is -0.560. The van der Waals surface area contributed by atoms with Crippen LogP contribution in [0, 0.1) is 0 Å². The average molecular weight is 333 g/mol. The first kappa shape index (κ1) is 16.3. The summed E-state index contributed by atoms with van der Waals surface area (Å²) in [5, 5.41) is 0. The van der Waals surface area contributed by atoms with E-state index in [1.165, 1.54) is 11.1 Å². The van der Waals surface area contributed by atoms with Gasteiger partial charge in [0.1, 0.15) is 0 Å². The Morgan fingerprint density at radius 2 is 1.96 bits per heavy atom. The van der Waals surface area contributed by atoms with Crippen molar-refractivity contribution in [2.75, 3.05) is 24.7 Å². The second-order valence-electron chi connectivity index (χ2n) is 6.12. The first-order valence-electron chi connectivity index (χ1n) is 8.12. The van der Waals surface area contributed by atoms with Crippen molar-refractivity contribution in [1.82, 2.24) is 9.80 Å². The maximum Gasteiger partial charge on any atom is 0.240 e. The molecule has 1 aromatic carbocycles. The quantitative estimate of drug-likeness (QED) is 0.899. The van der Waals surface area contributed by atoms with Gasteiger partial charge in [0.05, 0.1) is 11.9 Å². The van der Waals surface area contributed by atoms with Gasteiger partial charge in [-0.3, -0.25) is 9.59 Å². The van der Waals surface area contributed by atoms with Crippen LogP contribution in [0.3, 0.4) is 0 Å². The van der Waals surface area contributed by atoms with E-state index in [1.807, 2.05) is 17.0 Å². The number of hydrogen-bond donors (Lipinski definition) is 1. The van der Waals surface area contributed by atoms with Crippen molar-refractivity contribution in [1.29, 1.82) is 0 Å². The van der Waals surface area contributed by atoms with Gasteiger partial charge in [0.2, 0.25) is 11.8 Å². The van der Waals surface area contributed by atoms with Crippen molar-refractivity contribution < 1.29 is 9.59 Å². The fraction of sp³-hybridized carbons (Fsp3) is 0.529. The van der Waals surface area contributed by atoms with Crippen LogP contribution in [-0.4, -0.2) is 52.4 Å². The summed E-state index contributed by atoms with van der Waals surface area (Å²) in [5.74, 6) is 1.78. The van der Waals surface area contributed by atoms with Crippen molar-refractivity contribution in [2.45, 2.75) is 31.8 Å². The highest BCUT2D eigenvalue weighted by molar-refractivity contribution is 7.99. The molecule has 1 atom stereocenters. The largest absolute Gasteiger partial charge is 0.338 e. The molecule has 0 saturated carbocycles. The zero-order valence-electron chi connectivity index (χ0n) is 13.2. The molecule has 2 aliphatic rings. The third-order valence-electron chi connectivity index (χ3n) is 4.53. The van der Waals surface area contributed by atoms with Crippen LogP contribution in [0.5, 0.6) is 0 Å². The summed E-state index contributed by atoms with van der Waals surface area (Å²) >= 11 is 1.74. The zero-order chi connectivity index (χ0) is 16.2. The van der Waals surface area contributed by atoms with E-state index >= 15 is 0 Å². The molecule has 0 bridgehead atoms. The number of rotatable bonds is 4. The summed E-state index contributed by atoms with van der Waals surface area (Å²) in [5.41, 5.74) is 8.53. The third kappa shape index (κ3) is 3.87. The van der Waals surface area contributed by atoms with E-state index in [1.54, 1.807) is 16.7 Å². The maximum absolute atomic E-state index is 12.4. The first-order chi connectivity index (χ1) is 11.1. The summed E-state index contributed by atoms with van der Waals surface area (Å²) in [6.07, 6.45) is 1.67. The van der Waals surface area contributed by atoms with Gasteiger partial charge in [-0.15, -0.1) is 11.8 Å². The number of amides is 2. The molecule has 2 N–H and O–H groups in total. The van der Waals surface area contributed by atoms with Crippen LogP contribution in [0.15, 0.2) is 24.3 Å². The molecular formula is C17H23N3O2S. The minimum absolute atomic E-state index is 0.0215. The topological polar surface area (TPSA) is 66.6 Å². The number of carbonyl (C=O) groups excluding carboxylic acids is 2. The van der Waals surface area contributed by atoms with Gasteiger partial charge >= 0.3 is 0 Å². The lowest BCUT2D eigenvalue weighted by Gasteiger charge is -2.29. The van der Waals surface area contributed by atoms with E-state index in [9.17, 15) is 9.59 Å². The van der Waals surface area contributed by atoms with Gasteiger partial charge in [-0.25, -0.2) is 0 Å². The van der Waals surface area contributed by atoms with Gasteiger partial charge in [0, 0.05) is 31.8 Å². The van der Waals surface area contributed by atoms with Crippen LogP contribution < -0.4 is 5.73 Å². The SMILES string of the molecule is NC(CCC(=O)N1CCc2ccccc2C1)C(=O)N1CCSC1. The van der Waals surface area contributed by atoms with E-state index in [0.29, 0.717) is 19.4 Å². The molecule has 0 aliphatic carbocycles. The molecule has 5 nitrogen and oxygen atoms in total. The Bertz CT molecular complexity index is 587. The molecule has 0 aromatic heterocycles. The predicted molar refractivity (Wildman–Crippen MR) is 91.8 cm³/mol. The van der Waals surface area contributed by atoms with Crippen molar-refractivity contribution >= 4 is 23.6 Å². The molecule has 1 aromatic rings. The summed E-state index contributed by atoms with van der Waals surface area (Å²) in [6, 6.07) is 7.69. The fourth-order valence-electron chi connectivity index (χ4n) is 3.09. The number of carbonyl (C=O) groups is 2. The highest BCUT2D eigenvalue weighted by Crippen LogP contribution is 2.20. The minimum Gasteiger partial charge on any atom is -0.338 e. The van der Waals surface area contributed by atoms with Crippen LogP contribution in [-0.2, 0) is 22.6 Å². The number of nitrogens with two attached hydrogens (primary N) is 1. The van der Waals surface area contributed by atoms with E-state index in [0.717, 1.165) is 31.1 Å². The van der Waals surface area contributed by atoms with Crippen LogP contribution in [0.25, 0.3) is 0 Å². The number of hydrogen-bond acceptors (Lipinski definition) is 4. The summed E-state index contributed by atoms with van der Waals surface area (Å²) < 4.78 is 0. The van der Waals surface area contributed by atoms with E-state index in [-0.39, 0.29) is 11.8 Å². The van der Waals surface area contributed by atoms with Crippen LogP contribution >= 0.6 is 11.8 Å². The number of nitrogens with zero attached hydrogens (tertiary/aromatic N) is 2. The normalized spacial score (nSPS) is 18.7. The molecule has 1 saturated heterocycles. The molecule has 124 valence electrons. The lowest BCUT2D eigenvalue weighted by atomic mass is 9.99. The average Bonchev–Trinajstić information content (AvgIpc) is 3.12. The van der Waals surface area contributed by atoms with Gasteiger partial charge < -0.3 is 15.5 Å². The summed E-state index contributed by atoms with van der Waals surface area (Å²) in [4.78, 5) is 28.2. The van der Waals surface area contributed by atoms with E-state index in [2.05, 4.69) is 12.1 Å². The second-order valence-corrected chi connectivity index (χ2v) is 7.19. The molecular weight excluding hydrogens is 310 g/mol. The lowest BCUT2D eigenvalue weighted by Crippen LogP contribution is -2.43. The molecule has 2 aliphatic heterocycles. The van der Waals surface area contributed by atoms with Gasteiger partial charge in [0.15, 0.2) is 0 Å². The molecule has 23 heavy (non-hydrogen) atoms. The maximum atomic E-state index is 12.4.